The van der Waals surface area contributed by atoms with Crippen molar-refractivity contribution < 1.29 is 4.79 Å². The number of carbonyl (C=O) groups excluding carboxylic acids is 1. The van der Waals surface area contributed by atoms with E-state index in [9.17, 15) is 4.79 Å². The van der Waals surface area contributed by atoms with Gasteiger partial charge in [-0.1, -0.05) is 17.7 Å². The number of carbonyl (C=O) groups is 1. The standard InChI is InChI=1S/C13H18N2O/c1-3-14-8-9-15(10-13(14)16)12-6-4-11(2)5-7-12/h4-7H,3,8-10H2,1-2H3. The molecule has 2 rings (SSSR count). The predicted molar refractivity (Wildman–Crippen MR) is 65.6 cm³/mol. The van der Waals surface area contributed by atoms with Gasteiger partial charge in [0.25, 0.3) is 0 Å². The van der Waals surface area contributed by atoms with Crippen molar-refractivity contribution in [2.24, 2.45) is 0 Å². The van der Waals surface area contributed by atoms with Crippen molar-refractivity contribution in [1.82, 2.24) is 4.90 Å². The smallest absolute Gasteiger partial charge is 0.242 e. The highest BCUT2D eigenvalue weighted by molar-refractivity contribution is 5.82. The Balaban J connectivity index is 2.07. The Morgan fingerprint density at radius 2 is 1.88 bits per heavy atom. The molecule has 0 unspecified atom stereocenters. The maximum Gasteiger partial charge on any atom is 0.242 e. The Hall–Kier alpha value is -1.51. The summed E-state index contributed by atoms with van der Waals surface area (Å²) in [6, 6.07) is 8.35. The van der Waals surface area contributed by atoms with Gasteiger partial charge >= 0.3 is 0 Å². The van der Waals surface area contributed by atoms with E-state index in [1.807, 2.05) is 11.8 Å². The predicted octanol–water partition coefficient (Wildman–Crippen LogP) is 1.66. The SMILES string of the molecule is CCN1CCN(c2ccc(C)cc2)CC1=O. The van der Waals surface area contributed by atoms with E-state index < -0.39 is 0 Å². The van der Waals surface area contributed by atoms with Crippen molar-refractivity contribution >= 4 is 11.6 Å². The fourth-order valence-electron chi connectivity index (χ4n) is 2.02. The number of hydrogen-bond donors (Lipinski definition) is 0. The molecule has 0 N–H and O–H groups in total. The van der Waals surface area contributed by atoms with Crippen molar-refractivity contribution in [3.8, 4) is 0 Å². The summed E-state index contributed by atoms with van der Waals surface area (Å²) in [5, 5.41) is 0. The molecule has 0 saturated carbocycles. The first kappa shape index (κ1) is 11.0. The third-order valence-corrected chi connectivity index (χ3v) is 3.10. The first-order chi connectivity index (χ1) is 7.70. The molecule has 3 nitrogen and oxygen atoms in total. The average molecular weight is 218 g/mol. The van der Waals surface area contributed by atoms with Gasteiger partial charge in [0, 0.05) is 25.3 Å². The van der Waals surface area contributed by atoms with Crippen LogP contribution in [0.15, 0.2) is 24.3 Å². The zero-order valence-corrected chi connectivity index (χ0v) is 9.94. The van der Waals surface area contributed by atoms with E-state index in [4.69, 9.17) is 0 Å². The summed E-state index contributed by atoms with van der Waals surface area (Å²) in [6.45, 7) is 7.20. The summed E-state index contributed by atoms with van der Waals surface area (Å²) in [4.78, 5) is 15.8. The third-order valence-electron chi connectivity index (χ3n) is 3.10. The first-order valence-electron chi connectivity index (χ1n) is 5.80. The second-order valence-corrected chi connectivity index (χ2v) is 4.23. The van der Waals surface area contributed by atoms with E-state index in [0.717, 1.165) is 25.3 Å². The second-order valence-electron chi connectivity index (χ2n) is 4.23. The third kappa shape index (κ3) is 2.18. The number of anilines is 1. The largest absolute Gasteiger partial charge is 0.360 e. The van der Waals surface area contributed by atoms with Crippen molar-refractivity contribution in [2.75, 3.05) is 31.1 Å². The van der Waals surface area contributed by atoms with Crippen molar-refractivity contribution in [3.63, 3.8) is 0 Å². The average Bonchev–Trinajstić information content (AvgIpc) is 2.30. The lowest BCUT2D eigenvalue weighted by Crippen LogP contribution is -2.50. The molecule has 86 valence electrons. The molecule has 1 aromatic rings. The lowest BCUT2D eigenvalue weighted by atomic mass is 10.2. The van der Waals surface area contributed by atoms with E-state index in [0.29, 0.717) is 6.54 Å². The van der Waals surface area contributed by atoms with Crippen LogP contribution in [0.2, 0.25) is 0 Å². The Bertz CT molecular complexity index is 372. The number of aryl methyl sites for hydroxylation is 1. The molecule has 0 aromatic heterocycles. The molecule has 0 atom stereocenters. The van der Waals surface area contributed by atoms with Gasteiger partial charge in [-0.25, -0.2) is 0 Å². The fourth-order valence-corrected chi connectivity index (χ4v) is 2.02. The van der Waals surface area contributed by atoms with Gasteiger partial charge in [-0.15, -0.1) is 0 Å². The van der Waals surface area contributed by atoms with Crippen molar-refractivity contribution in [2.45, 2.75) is 13.8 Å². The van der Waals surface area contributed by atoms with E-state index in [1.165, 1.54) is 5.56 Å². The number of rotatable bonds is 2. The number of likely N-dealkylation sites (N-methyl/N-ethyl adjacent to an activating group) is 1. The van der Waals surface area contributed by atoms with Crippen molar-refractivity contribution in [3.05, 3.63) is 29.8 Å². The summed E-state index contributed by atoms with van der Waals surface area (Å²) in [6.07, 6.45) is 0. The number of nitrogens with zero attached hydrogens (tertiary/aromatic N) is 2. The number of amides is 1. The van der Waals surface area contributed by atoms with E-state index >= 15 is 0 Å². The summed E-state index contributed by atoms with van der Waals surface area (Å²) in [7, 11) is 0. The summed E-state index contributed by atoms with van der Waals surface area (Å²) < 4.78 is 0. The van der Waals surface area contributed by atoms with Gasteiger partial charge < -0.3 is 9.80 Å². The molecule has 0 bridgehead atoms. The minimum Gasteiger partial charge on any atom is -0.360 e. The minimum absolute atomic E-state index is 0.231. The molecule has 1 aliphatic rings. The summed E-state index contributed by atoms with van der Waals surface area (Å²) in [5.74, 6) is 0.231. The summed E-state index contributed by atoms with van der Waals surface area (Å²) in [5.41, 5.74) is 2.40. The van der Waals surface area contributed by atoms with Gasteiger partial charge in [0.15, 0.2) is 0 Å². The molecule has 1 aliphatic heterocycles. The highest BCUT2D eigenvalue weighted by Crippen LogP contribution is 2.17. The van der Waals surface area contributed by atoms with Crippen LogP contribution in [-0.4, -0.2) is 37.0 Å². The second kappa shape index (κ2) is 4.56. The van der Waals surface area contributed by atoms with Crippen LogP contribution in [0.25, 0.3) is 0 Å². The highest BCUT2D eigenvalue weighted by Gasteiger charge is 2.22. The molecular formula is C13H18N2O. The molecule has 1 amide bonds. The molecule has 1 saturated heterocycles. The Morgan fingerprint density at radius 3 is 2.44 bits per heavy atom. The molecule has 0 spiro atoms. The van der Waals surface area contributed by atoms with E-state index in [-0.39, 0.29) is 5.91 Å². The lowest BCUT2D eigenvalue weighted by Gasteiger charge is -2.35. The number of piperazine rings is 1. The lowest BCUT2D eigenvalue weighted by molar-refractivity contribution is -0.130. The van der Waals surface area contributed by atoms with E-state index in [1.54, 1.807) is 0 Å². The van der Waals surface area contributed by atoms with Crippen LogP contribution in [0.4, 0.5) is 5.69 Å². The maximum absolute atomic E-state index is 11.8. The van der Waals surface area contributed by atoms with Crippen molar-refractivity contribution in [1.29, 1.82) is 0 Å². The quantitative estimate of drug-likeness (QED) is 0.753. The van der Waals surface area contributed by atoms with Crippen LogP contribution in [0.1, 0.15) is 12.5 Å². The van der Waals surface area contributed by atoms with E-state index in [2.05, 4.69) is 36.1 Å². The Labute approximate surface area is 96.7 Å². The first-order valence-corrected chi connectivity index (χ1v) is 5.80. The normalized spacial score (nSPS) is 16.8. The summed E-state index contributed by atoms with van der Waals surface area (Å²) >= 11 is 0. The molecule has 1 fully saturated rings. The maximum atomic E-state index is 11.8. The molecular weight excluding hydrogens is 200 g/mol. The monoisotopic (exact) mass is 218 g/mol. The van der Waals surface area contributed by atoms with Gasteiger partial charge in [0.1, 0.15) is 0 Å². The van der Waals surface area contributed by atoms with Gasteiger partial charge in [0.2, 0.25) is 5.91 Å². The Kier molecular flexibility index (Phi) is 3.13. The van der Waals surface area contributed by atoms with Gasteiger partial charge in [-0.3, -0.25) is 4.79 Å². The van der Waals surface area contributed by atoms with Crippen LogP contribution in [0.5, 0.6) is 0 Å². The minimum atomic E-state index is 0.231. The van der Waals surface area contributed by atoms with Crippen LogP contribution >= 0.6 is 0 Å². The fraction of sp³-hybridized carbons (Fsp3) is 0.462. The number of hydrogen-bond acceptors (Lipinski definition) is 2. The molecule has 0 aliphatic carbocycles. The number of benzene rings is 1. The van der Waals surface area contributed by atoms with Gasteiger partial charge in [0.05, 0.1) is 6.54 Å². The van der Waals surface area contributed by atoms with Crippen LogP contribution < -0.4 is 4.90 Å². The van der Waals surface area contributed by atoms with Crippen LogP contribution in [-0.2, 0) is 4.79 Å². The zero-order valence-electron chi connectivity index (χ0n) is 9.94. The molecule has 1 heterocycles. The molecule has 3 heteroatoms. The molecule has 0 radical (unpaired) electrons. The molecule has 1 aromatic carbocycles. The van der Waals surface area contributed by atoms with Gasteiger partial charge in [-0.05, 0) is 26.0 Å². The van der Waals surface area contributed by atoms with Gasteiger partial charge in [-0.2, -0.15) is 0 Å². The molecule has 16 heavy (non-hydrogen) atoms. The zero-order chi connectivity index (χ0) is 11.5. The van der Waals surface area contributed by atoms with Crippen LogP contribution in [0, 0.1) is 6.92 Å². The highest BCUT2D eigenvalue weighted by atomic mass is 16.2. The topological polar surface area (TPSA) is 23.6 Å². The van der Waals surface area contributed by atoms with Crippen LogP contribution in [0.3, 0.4) is 0 Å². The Morgan fingerprint density at radius 1 is 1.19 bits per heavy atom.